The van der Waals surface area contributed by atoms with Gasteiger partial charge in [-0.05, 0) is 36.1 Å². The molecular weight excluding hydrogens is 280 g/mol. The van der Waals surface area contributed by atoms with Crippen molar-refractivity contribution in [2.45, 2.75) is 19.8 Å². The summed E-state index contributed by atoms with van der Waals surface area (Å²) in [5.74, 6) is -0.652. The lowest BCUT2D eigenvalue weighted by molar-refractivity contribution is -0.152. The molecule has 0 heterocycles. The summed E-state index contributed by atoms with van der Waals surface area (Å²) in [5.41, 5.74) is 2.46. The van der Waals surface area contributed by atoms with E-state index in [4.69, 9.17) is 4.74 Å². The van der Waals surface area contributed by atoms with Crippen LogP contribution in [0.3, 0.4) is 0 Å². The van der Waals surface area contributed by atoms with Gasteiger partial charge in [0.15, 0.2) is 6.61 Å². The lowest BCUT2D eigenvalue weighted by Gasteiger charge is -2.06. The van der Waals surface area contributed by atoms with Crippen molar-refractivity contribution in [3.8, 4) is 5.75 Å². The van der Waals surface area contributed by atoms with Gasteiger partial charge in [-0.25, -0.2) is 4.79 Å². The van der Waals surface area contributed by atoms with E-state index >= 15 is 0 Å². The third-order valence-corrected chi connectivity index (χ3v) is 3.09. The summed E-state index contributed by atoms with van der Waals surface area (Å²) in [7, 11) is 0. The zero-order chi connectivity index (χ0) is 15.8. The minimum Gasteiger partial charge on any atom is -0.454 e. The Morgan fingerprint density at radius 3 is 2.05 bits per heavy atom. The van der Waals surface area contributed by atoms with Crippen LogP contribution in [0.15, 0.2) is 54.6 Å². The quantitative estimate of drug-likeness (QED) is 0.608. The van der Waals surface area contributed by atoms with E-state index in [-0.39, 0.29) is 6.61 Å². The smallest absolute Gasteiger partial charge is 0.349 e. The van der Waals surface area contributed by atoms with Gasteiger partial charge in [0, 0.05) is 6.92 Å². The van der Waals surface area contributed by atoms with Gasteiger partial charge in [0.05, 0.1) is 0 Å². The topological polar surface area (TPSA) is 52.6 Å². The molecule has 114 valence electrons. The van der Waals surface area contributed by atoms with Crippen LogP contribution >= 0.6 is 0 Å². The largest absolute Gasteiger partial charge is 0.454 e. The number of benzene rings is 2. The Hall–Kier alpha value is -2.62. The summed E-state index contributed by atoms with van der Waals surface area (Å²) in [5, 5.41) is 0. The molecule has 4 heteroatoms. The third kappa shape index (κ3) is 5.40. The molecule has 0 aliphatic heterocycles. The summed E-state index contributed by atoms with van der Waals surface area (Å²) in [4.78, 5) is 22.0. The van der Waals surface area contributed by atoms with Crippen molar-refractivity contribution < 1.29 is 19.1 Å². The Labute approximate surface area is 129 Å². The Balaban J connectivity index is 1.82. The molecular formula is C18H18O4. The van der Waals surface area contributed by atoms with E-state index < -0.39 is 11.9 Å². The van der Waals surface area contributed by atoms with Crippen LogP contribution in [-0.4, -0.2) is 18.5 Å². The molecule has 0 aliphatic rings. The van der Waals surface area contributed by atoms with E-state index in [1.807, 2.05) is 30.3 Å². The van der Waals surface area contributed by atoms with Gasteiger partial charge in [0.25, 0.3) is 0 Å². The molecule has 22 heavy (non-hydrogen) atoms. The highest BCUT2D eigenvalue weighted by atomic mass is 16.6. The van der Waals surface area contributed by atoms with Crippen LogP contribution in [0.25, 0.3) is 0 Å². The maximum Gasteiger partial charge on any atom is 0.349 e. The molecule has 0 N–H and O–H groups in total. The molecule has 0 bridgehead atoms. The molecule has 0 aromatic heterocycles. The minimum absolute atomic E-state index is 0.370. The van der Waals surface area contributed by atoms with Crippen molar-refractivity contribution in [3.63, 3.8) is 0 Å². The van der Waals surface area contributed by atoms with Crippen molar-refractivity contribution in [1.82, 2.24) is 0 Å². The molecule has 0 unspecified atom stereocenters. The second-order valence-electron chi connectivity index (χ2n) is 4.88. The molecule has 0 atom stereocenters. The molecule has 0 spiro atoms. The van der Waals surface area contributed by atoms with E-state index in [0.29, 0.717) is 5.75 Å². The number of carbonyl (C=O) groups excluding carboxylic acids is 2. The lowest BCUT2D eigenvalue weighted by Crippen LogP contribution is -2.17. The van der Waals surface area contributed by atoms with E-state index in [2.05, 4.69) is 16.9 Å². The van der Waals surface area contributed by atoms with E-state index in [1.54, 1.807) is 12.1 Å². The van der Waals surface area contributed by atoms with Crippen molar-refractivity contribution in [2.75, 3.05) is 6.61 Å². The highest BCUT2D eigenvalue weighted by Gasteiger charge is 2.07. The Morgan fingerprint density at radius 2 is 1.45 bits per heavy atom. The molecule has 0 saturated heterocycles. The van der Waals surface area contributed by atoms with Gasteiger partial charge in [0.2, 0.25) is 0 Å². The Morgan fingerprint density at radius 1 is 0.864 bits per heavy atom. The monoisotopic (exact) mass is 298 g/mol. The van der Waals surface area contributed by atoms with Gasteiger partial charge < -0.3 is 9.47 Å². The molecule has 0 saturated carbocycles. The highest BCUT2D eigenvalue weighted by molar-refractivity contribution is 5.77. The third-order valence-electron chi connectivity index (χ3n) is 3.09. The predicted octanol–water partition coefficient (Wildman–Crippen LogP) is 2.94. The van der Waals surface area contributed by atoms with E-state index in [9.17, 15) is 9.59 Å². The van der Waals surface area contributed by atoms with Gasteiger partial charge >= 0.3 is 11.9 Å². The van der Waals surface area contributed by atoms with Gasteiger partial charge in [-0.2, -0.15) is 0 Å². The predicted molar refractivity (Wildman–Crippen MR) is 82.6 cm³/mol. The maximum atomic E-state index is 11.4. The molecule has 2 rings (SSSR count). The highest BCUT2D eigenvalue weighted by Crippen LogP contribution is 2.14. The average Bonchev–Trinajstić information content (AvgIpc) is 2.53. The van der Waals surface area contributed by atoms with Gasteiger partial charge in [-0.1, -0.05) is 42.5 Å². The number of esters is 2. The van der Waals surface area contributed by atoms with Crippen LogP contribution in [0.2, 0.25) is 0 Å². The summed E-state index contributed by atoms with van der Waals surface area (Å²) < 4.78 is 9.64. The van der Waals surface area contributed by atoms with Crippen LogP contribution in [-0.2, 0) is 27.2 Å². The zero-order valence-electron chi connectivity index (χ0n) is 12.5. The number of hydrogen-bond acceptors (Lipinski definition) is 4. The Bertz CT molecular complexity index is 617. The fourth-order valence-corrected chi connectivity index (χ4v) is 1.98. The first-order chi connectivity index (χ1) is 10.6. The first-order valence-corrected chi connectivity index (χ1v) is 7.10. The van der Waals surface area contributed by atoms with Crippen LogP contribution in [0.1, 0.15) is 18.1 Å². The number of rotatable bonds is 6. The first-order valence-electron chi connectivity index (χ1n) is 7.10. The zero-order valence-corrected chi connectivity index (χ0v) is 12.5. The second-order valence-corrected chi connectivity index (χ2v) is 4.88. The molecule has 0 fully saturated rings. The van der Waals surface area contributed by atoms with Crippen LogP contribution in [0, 0.1) is 0 Å². The van der Waals surface area contributed by atoms with Gasteiger partial charge in [0.1, 0.15) is 5.75 Å². The SMILES string of the molecule is CC(=O)OCC(=O)Oc1ccc(CCc2ccccc2)cc1. The summed E-state index contributed by atoms with van der Waals surface area (Å²) in [6, 6.07) is 17.6. The molecule has 0 aliphatic carbocycles. The normalized spacial score (nSPS) is 10.0. The van der Waals surface area contributed by atoms with Crippen molar-refractivity contribution in [1.29, 1.82) is 0 Å². The fraction of sp³-hybridized carbons (Fsp3) is 0.222. The fourth-order valence-electron chi connectivity index (χ4n) is 1.98. The summed E-state index contributed by atoms with van der Waals surface area (Å²) >= 11 is 0. The maximum absolute atomic E-state index is 11.4. The van der Waals surface area contributed by atoms with Crippen LogP contribution in [0.4, 0.5) is 0 Å². The molecule has 4 nitrogen and oxygen atoms in total. The van der Waals surface area contributed by atoms with Crippen molar-refractivity contribution in [2.24, 2.45) is 0 Å². The number of hydrogen-bond donors (Lipinski definition) is 0. The summed E-state index contributed by atoms with van der Waals surface area (Å²) in [6.07, 6.45) is 1.89. The number of ether oxygens (including phenoxy) is 2. The molecule has 0 radical (unpaired) electrons. The van der Waals surface area contributed by atoms with E-state index in [0.717, 1.165) is 12.8 Å². The standard InChI is InChI=1S/C18H18O4/c1-14(19)21-13-18(20)22-17-11-9-16(10-12-17)8-7-15-5-3-2-4-6-15/h2-6,9-12H,7-8,13H2,1H3. The molecule has 2 aromatic carbocycles. The van der Waals surface area contributed by atoms with Gasteiger partial charge in [-0.15, -0.1) is 0 Å². The number of carbonyl (C=O) groups is 2. The Kier molecular flexibility index (Phi) is 5.72. The van der Waals surface area contributed by atoms with E-state index in [1.165, 1.54) is 18.1 Å². The second kappa shape index (κ2) is 7.98. The number of aryl methyl sites for hydroxylation is 2. The van der Waals surface area contributed by atoms with Crippen LogP contribution < -0.4 is 4.74 Å². The average molecular weight is 298 g/mol. The first kappa shape index (κ1) is 15.8. The summed E-state index contributed by atoms with van der Waals surface area (Å²) in [6.45, 7) is 0.875. The van der Waals surface area contributed by atoms with Crippen LogP contribution in [0.5, 0.6) is 5.75 Å². The van der Waals surface area contributed by atoms with Crippen molar-refractivity contribution >= 4 is 11.9 Å². The van der Waals surface area contributed by atoms with Gasteiger partial charge in [-0.3, -0.25) is 4.79 Å². The lowest BCUT2D eigenvalue weighted by atomic mass is 10.0. The molecule has 0 amide bonds. The van der Waals surface area contributed by atoms with Crippen molar-refractivity contribution in [3.05, 3.63) is 65.7 Å². The molecule has 2 aromatic rings. The minimum atomic E-state index is -0.591.